The van der Waals surface area contributed by atoms with E-state index in [9.17, 15) is 9.18 Å². The zero-order valence-corrected chi connectivity index (χ0v) is 7.85. The average molecular weight is 190 g/mol. The van der Waals surface area contributed by atoms with E-state index in [2.05, 4.69) is 0 Å². The standard InChI is InChI=1S/C12H11FO/c13-9-2-3-10-8(6-9)7-11(14)12(10)4-1-5-12/h2-3,6H,1,4-5,7H2. The first-order valence-corrected chi connectivity index (χ1v) is 5.05. The molecule has 0 aromatic heterocycles. The summed E-state index contributed by atoms with van der Waals surface area (Å²) in [6, 6.07) is 4.78. The molecule has 14 heavy (non-hydrogen) atoms. The lowest BCUT2D eigenvalue weighted by molar-refractivity contribution is -0.125. The Labute approximate surface area is 81.9 Å². The Bertz CT molecular complexity index is 418. The Hall–Kier alpha value is -1.18. The Morgan fingerprint density at radius 1 is 1.29 bits per heavy atom. The summed E-state index contributed by atoms with van der Waals surface area (Å²) in [4.78, 5) is 11.8. The summed E-state index contributed by atoms with van der Waals surface area (Å²) in [6.07, 6.45) is 3.49. The average Bonchev–Trinajstić information content (AvgIpc) is 2.34. The van der Waals surface area contributed by atoms with E-state index in [1.54, 1.807) is 6.07 Å². The second-order valence-corrected chi connectivity index (χ2v) is 4.34. The third kappa shape index (κ3) is 0.813. The van der Waals surface area contributed by atoms with Crippen molar-refractivity contribution in [3.8, 4) is 0 Å². The fraction of sp³-hybridized carbons (Fsp3) is 0.417. The summed E-state index contributed by atoms with van der Waals surface area (Å²) in [5.41, 5.74) is 1.80. The second-order valence-electron chi connectivity index (χ2n) is 4.34. The summed E-state index contributed by atoms with van der Waals surface area (Å²) in [5.74, 6) is 0.0669. The van der Waals surface area contributed by atoms with E-state index in [0.717, 1.165) is 30.4 Å². The molecule has 2 aliphatic carbocycles. The van der Waals surface area contributed by atoms with Gasteiger partial charge in [-0.2, -0.15) is 0 Å². The first-order chi connectivity index (χ1) is 6.72. The number of carbonyl (C=O) groups is 1. The number of carbonyl (C=O) groups excluding carboxylic acids is 1. The molecule has 2 heteroatoms. The van der Waals surface area contributed by atoms with Gasteiger partial charge in [-0.3, -0.25) is 4.79 Å². The first-order valence-electron chi connectivity index (χ1n) is 5.05. The zero-order valence-electron chi connectivity index (χ0n) is 7.85. The summed E-state index contributed by atoms with van der Waals surface area (Å²) >= 11 is 0. The van der Waals surface area contributed by atoms with Crippen molar-refractivity contribution >= 4 is 5.78 Å². The van der Waals surface area contributed by atoms with Crippen molar-refractivity contribution in [1.82, 2.24) is 0 Å². The number of hydrogen-bond donors (Lipinski definition) is 0. The summed E-state index contributed by atoms with van der Waals surface area (Å²) in [5, 5.41) is 0. The van der Waals surface area contributed by atoms with Crippen LogP contribution in [0, 0.1) is 5.82 Å². The van der Waals surface area contributed by atoms with Crippen LogP contribution in [0.3, 0.4) is 0 Å². The van der Waals surface area contributed by atoms with Crippen LogP contribution in [0.25, 0.3) is 0 Å². The fourth-order valence-electron chi connectivity index (χ4n) is 2.75. The highest BCUT2D eigenvalue weighted by Crippen LogP contribution is 2.50. The van der Waals surface area contributed by atoms with Gasteiger partial charge in [0.1, 0.15) is 11.6 Å². The van der Waals surface area contributed by atoms with Crippen molar-refractivity contribution in [1.29, 1.82) is 0 Å². The third-order valence-corrected chi connectivity index (χ3v) is 3.67. The predicted molar refractivity (Wildman–Crippen MR) is 50.6 cm³/mol. The maximum absolute atomic E-state index is 13.0. The highest BCUT2D eigenvalue weighted by atomic mass is 19.1. The number of fused-ring (bicyclic) bond motifs is 2. The normalized spacial score (nSPS) is 22.2. The van der Waals surface area contributed by atoms with Crippen molar-refractivity contribution in [3.63, 3.8) is 0 Å². The third-order valence-electron chi connectivity index (χ3n) is 3.67. The van der Waals surface area contributed by atoms with Gasteiger partial charge < -0.3 is 0 Å². The van der Waals surface area contributed by atoms with Crippen LogP contribution in [0.2, 0.25) is 0 Å². The summed E-state index contributed by atoms with van der Waals surface area (Å²) in [7, 11) is 0. The minimum Gasteiger partial charge on any atom is -0.298 e. The molecule has 0 heterocycles. The highest BCUT2D eigenvalue weighted by molar-refractivity contribution is 5.97. The lowest BCUT2D eigenvalue weighted by atomic mass is 9.64. The smallest absolute Gasteiger partial charge is 0.147 e. The molecule has 0 unspecified atom stereocenters. The van der Waals surface area contributed by atoms with Crippen LogP contribution in [0.4, 0.5) is 4.39 Å². The molecule has 72 valence electrons. The van der Waals surface area contributed by atoms with Gasteiger partial charge in [0.2, 0.25) is 0 Å². The number of Topliss-reactive ketones (excluding diaryl/α,β-unsaturated/α-hetero) is 1. The highest BCUT2D eigenvalue weighted by Gasteiger charge is 2.50. The van der Waals surface area contributed by atoms with Crippen LogP contribution < -0.4 is 0 Å². The topological polar surface area (TPSA) is 17.1 Å². The van der Waals surface area contributed by atoms with Gasteiger partial charge in [-0.05, 0) is 36.1 Å². The lowest BCUT2D eigenvalue weighted by Crippen LogP contribution is -2.39. The van der Waals surface area contributed by atoms with E-state index in [1.165, 1.54) is 12.1 Å². The quantitative estimate of drug-likeness (QED) is 0.613. The minimum absolute atomic E-state index is 0.205. The van der Waals surface area contributed by atoms with Crippen LogP contribution in [0.15, 0.2) is 18.2 Å². The molecular weight excluding hydrogens is 179 g/mol. The number of hydrogen-bond acceptors (Lipinski definition) is 1. The molecule has 3 rings (SSSR count). The second kappa shape index (κ2) is 2.44. The SMILES string of the molecule is O=C1Cc2cc(F)ccc2C12CCC2. The van der Waals surface area contributed by atoms with E-state index in [1.807, 2.05) is 0 Å². The molecule has 1 aromatic rings. The van der Waals surface area contributed by atoms with E-state index in [0.29, 0.717) is 12.2 Å². The van der Waals surface area contributed by atoms with E-state index in [4.69, 9.17) is 0 Å². The van der Waals surface area contributed by atoms with Gasteiger partial charge in [0, 0.05) is 6.42 Å². The van der Waals surface area contributed by atoms with Crippen molar-refractivity contribution in [2.24, 2.45) is 0 Å². The van der Waals surface area contributed by atoms with E-state index >= 15 is 0 Å². The molecule has 0 amide bonds. The zero-order chi connectivity index (χ0) is 9.76. The van der Waals surface area contributed by atoms with E-state index in [-0.39, 0.29) is 11.2 Å². The van der Waals surface area contributed by atoms with Crippen molar-refractivity contribution in [2.75, 3.05) is 0 Å². The Morgan fingerprint density at radius 3 is 2.71 bits per heavy atom. The number of halogens is 1. The van der Waals surface area contributed by atoms with Gasteiger partial charge in [-0.1, -0.05) is 12.5 Å². The molecule has 1 nitrogen and oxygen atoms in total. The molecule has 0 bridgehead atoms. The van der Waals surface area contributed by atoms with Crippen LogP contribution in [0.1, 0.15) is 30.4 Å². The fourth-order valence-corrected chi connectivity index (χ4v) is 2.75. The van der Waals surface area contributed by atoms with Gasteiger partial charge >= 0.3 is 0 Å². The molecule has 0 saturated heterocycles. The molecule has 0 atom stereocenters. The van der Waals surface area contributed by atoms with Crippen LogP contribution in [-0.4, -0.2) is 5.78 Å². The predicted octanol–water partition coefficient (Wildman–Crippen LogP) is 2.37. The molecule has 1 spiro atoms. The number of ketones is 1. The molecule has 0 aliphatic heterocycles. The monoisotopic (exact) mass is 190 g/mol. The Morgan fingerprint density at radius 2 is 2.07 bits per heavy atom. The molecule has 1 fully saturated rings. The Kier molecular flexibility index (Phi) is 1.42. The Balaban J connectivity index is 2.18. The molecule has 0 radical (unpaired) electrons. The largest absolute Gasteiger partial charge is 0.298 e. The number of rotatable bonds is 0. The van der Waals surface area contributed by atoms with Gasteiger partial charge in [0.25, 0.3) is 0 Å². The maximum Gasteiger partial charge on any atom is 0.147 e. The molecule has 2 aliphatic rings. The van der Waals surface area contributed by atoms with Gasteiger partial charge in [0.15, 0.2) is 0 Å². The van der Waals surface area contributed by atoms with Crippen LogP contribution in [0.5, 0.6) is 0 Å². The van der Waals surface area contributed by atoms with Crippen molar-refractivity contribution in [2.45, 2.75) is 31.1 Å². The van der Waals surface area contributed by atoms with Crippen LogP contribution >= 0.6 is 0 Å². The lowest BCUT2D eigenvalue weighted by Gasteiger charge is -2.37. The molecule has 0 N–H and O–H groups in total. The molecule has 1 aromatic carbocycles. The van der Waals surface area contributed by atoms with Crippen LogP contribution in [-0.2, 0) is 16.6 Å². The van der Waals surface area contributed by atoms with Gasteiger partial charge in [-0.15, -0.1) is 0 Å². The summed E-state index contributed by atoms with van der Waals surface area (Å²) in [6.45, 7) is 0. The van der Waals surface area contributed by atoms with Gasteiger partial charge in [0.05, 0.1) is 5.41 Å². The van der Waals surface area contributed by atoms with Crippen molar-refractivity contribution in [3.05, 3.63) is 35.1 Å². The molecule has 1 saturated carbocycles. The molecular formula is C12H11FO. The minimum atomic E-state index is -0.229. The maximum atomic E-state index is 13.0. The number of benzene rings is 1. The van der Waals surface area contributed by atoms with Crippen molar-refractivity contribution < 1.29 is 9.18 Å². The first kappa shape index (κ1) is 8.16. The van der Waals surface area contributed by atoms with E-state index < -0.39 is 0 Å². The van der Waals surface area contributed by atoms with Gasteiger partial charge in [-0.25, -0.2) is 4.39 Å². The summed E-state index contributed by atoms with van der Waals surface area (Å²) < 4.78 is 13.0.